The maximum atomic E-state index is 11.6. The molecule has 0 fully saturated rings. The predicted molar refractivity (Wildman–Crippen MR) is 54.1 cm³/mol. The minimum atomic E-state index is -0.345. The van der Waals surface area contributed by atoms with Crippen molar-refractivity contribution in [1.82, 2.24) is 0 Å². The molecule has 2 aliphatic carbocycles. The van der Waals surface area contributed by atoms with Gasteiger partial charge in [-0.1, -0.05) is 35.4 Å². The zero-order valence-corrected chi connectivity index (χ0v) is 8.65. The Hall–Kier alpha value is -0.860. The number of allylic oxidation sites excluding steroid dienone is 6. The van der Waals surface area contributed by atoms with E-state index in [9.17, 15) is 9.59 Å². The van der Waals surface area contributed by atoms with E-state index in [1.807, 2.05) is 0 Å². The Morgan fingerprint density at radius 2 is 1.21 bits per heavy atom. The Labute approximate surface area is 90.9 Å². The summed E-state index contributed by atoms with van der Waals surface area (Å²) in [6.45, 7) is 0. The first-order valence-corrected chi connectivity index (χ1v) is 4.94. The number of carbonyl (C=O) groups is 2. The normalized spacial score (nSPS) is 21.9. The van der Waals surface area contributed by atoms with Gasteiger partial charge < -0.3 is 0 Å². The molecule has 0 amide bonds. The Balaban J connectivity index is 2.63. The van der Waals surface area contributed by atoms with Gasteiger partial charge in [0, 0.05) is 11.1 Å². The molecule has 0 bridgehead atoms. The Kier molecular flexibility index (Phi) is 2.33. The van der Waals surface area contributed by atoms with E-state index in [1.54, 1.807) is 12.2 Å². The highest BCUT2D eigenvalue weighted by atomic mass is 35.5. The standard InChI is InChI=1S/C10H6Cl2O2/c11-7-8(12)10(14)6-4-2-1-3-5(6)9(7)13/h3-4H,1-2H2. The Morgan fingerprint density at radius 3 is 1.57 bits per heavy atom. The molecule has 0 saturated heterocycles. The number of halogens is 2. The lowest BCUT2D eigenvalue weighted by Crippen LogP contribution is -2.21. The quantitative estimate of drug-likeness (QED) is 0.639. The summed E-state index contributed by atoms with van der Waals surface area (Å²) in [5, 5.41) is -0.330. The van der Waals surface area contributed by atoms with Crippen LogP contribution in [-0.4, -0.2) is 11.6 Å². The van der Waals surface area contributed by atoms with Crippen LogP contribution >= 0.6 is 23.2 Å². The summed E-state index contributed by atoms with van der Waals surface area (Å²) in [4.78, 5) is 23.2. The molecule has 0 saturated carbocycles. The van der Waals surface area contributed by atoms with Crippen LogP contribution < -0.4 is 0 Å². The van der Waals surface area contributed by atoms with Gasteiger partial charge in [-0.05, 0) is 12.8 Å². The van der Waals surface area contributed by atoms with Crippen LogP contribution in [-0.2, 0) is 9.59 Å². The van der Waals surface area contributed by atoms with Crippen molar-refractivity contribution in [3.63, 3.8) is 0 Å². The molecule has 0 spiro atoms. The summed E-state index contributed by atoms with van der Waals surface area (Å²) in [6, 6.07) is 0. The molecule has 0 aliphatic heterocycles. The molecule has 0 aromatic rings. The van der Waals surface area contributed by atoms with Gasteiger partial charge in [0.05, 0.1) is 0 Å². The van der Waals surface area contributed by atoms with Gasteiger partial charge >= 0.3 is 0 Å². The zero-order chi connectivity index (χ0) is 10.3. The summed E-state index contributed by atoms with van der Waals surface area (Å²) in [5.74, 6) is -0.690. The molecule has 14 heavy (non-hydrogen) atoms. The second-order valence-electron chi connectivity index (χ2n) is 3.10. The monoisotopic (exact) mass is 228 g/mol. The number of hydrogen-bond donors (Lipinski definition) is 0. The van der Waals surface area contributed by atoms with Gasteiger partial charge in [0.25, 0.3) is 0 Å². The highest BCUT2D eigenvalue weighted by Crippen LogP contribution is 2.34. The second-order valence-corrected chi connectivity index (χ2v) is 3.86. The highest BCUT2D eigenvalue weighted by Gasteiger charge is 2.33. The number of carbonyl (C=O) groups excluding carboxylic acids is 2. The summed E-state index contributed by atoms with van der Waals surface area (Å²) in [7, 11) is 0. The second kappa shape index (κ2) is 3.37. The van der Waals surface area contributed by atoms with Crippen LogP contribution in [0.3, 0.4) is 0 Å². The molecule has 72 valence electrons. The van der Waals surface area contributed by atoms with Crippen LogP contribution in [0.4, 0.5) is 0 Å². The third-order valence-electron chi connectivity index (χ3n) is 2.23. The lowest BCUT2D eigenvalue weighted by molar-refractivity contribution is -0.116. The van der Waals surface area contributed by atoms with Crippen LogP contribution in [0.2, 0.25) is 0 Å². The molecule has 0 atom stereocenters. The third-order valence-corrected chi connectivity index (χ3v) is 3.05. The number of hydrogen-bond acceptors (Lipinski definition) is 2. The van der Waals surface area contributed by atoms with Crippen LogP contribution in [0.25, 0.3) is 0 Å². The molecule has 0 aromatic heterocycles. The molecule has 0 aromatic carbocycles. The average Bonchev–Trinajstić information content (AvgIpc) is 2.23. The first kappa shape index (κ1) is 9.69. The van der Waals surface area contributed by atoms with Gasteiger partial charge in [0.15, 0.2) is 0 Å². The van der Waals surface area contributed by atoms with Gasteiger partial charge in [-0.2, -0.15) is 0 Å². The van der Waals surface area contributed by atoms with Crippen LogP contribution in [0.5, 0.6) is 0 Å². The molecular weight excluding hydrogens is 223 g/mol. The molecule has 2 nitrogen and oxygen atoms in total. The lowest BCUT2D eigenvalue weighted by atomic mass is 9.87. The van der Waals surface area contributed by atoms with Crippen LogP contribution in [0, 0.1) is 0 Å². The molecule has 2 rings (SSSR count). The zero-order valence-electron chi connectivity index (χ0n) is 7.14. The van der Waals surface area contributed by atoms with E-state index in [1.165, 1.54) is 0 Å². The van der Waals surface area contributed by atoms with Gasteiger partial charge in [-0.3, -0.25) is 9.59 Å². The molecule has 2 aliphatic rings. The largest absolute Gasteiger partial charge is 0.288 e. The number of Topliss-reactive ketones (excluding diaryl/α,β-unsaturated/α-hetero) is 2. The van der Waals surface area contributed by atoms with Gasteiger partial charge in [0.2, 0.25) is 11.6 Å². The lowest BCUT2D eigenvalue weighted by Gasteiger charge is -2.18. The maximum Gasteiger partial charge on any atom is 0.206 e. The van der Waals surface area contributed by atoms with E-state index < -0.39 is 0 Å². The van der Waals surface area contributed by atoms with Crippen molar-refractivity contribution in [3.05, 3.63) is 33.4 Å². The molecular formula is C10H6Cl2O2. The summed E-state index contributed by atoms with van der Waals surface area (Å²) < 4.78 is 0. The summed E-state index contributed by atoms with van der Waals surface area (Å²) >= 11 is 11.3. The fraction of sp³-hybridized carbons (Fsp3) is 0.200. The highest BCUT2D eigenvalue weighted by molar-refractivity contribution is 6.60. The van der Waals surface area contributed by atoms with E-state index in [0.717, 1.165) is 12.8 Å². The van der Waals surface area contributed by atoms with E-state index >= 15 is 0 Å². The maximum absolute atomic E-state index is 11.6. The Bertz CT molecular complexity index is 387. The van der Waals surface area contributed by atoms with Crippen molar-refractivity contribution in [2.45, 2.75) is 12.8 Å². The SMILES string of the molecule is O=C1C2=CCCC=C2C(=O)C(Cl)=C1Cl. The topological polar surface area (TPSA) is 34.1 Å². The molecule has 0 unspecified atom stereocenters. The summed E-state index contributed by atoms with van der Waals surface area (Å²) in [6.07, 6.45) is 5.00. The van der Waals surface area contributed by atoms with E-state index in [4.69, 9.17) is 23.2 Å². The average molecular weight is 229 g/mol. The van der Waals surface area contributed by atoms with Gasteiger partial charge in [0.1, 0.15) is 10.1 Å². The van der Waals surface area contributed by atoms with Crippen LogP contribution in [0.1, 0.15) is 12.8 Å². The van der Waals surface area contributed by atoms with Gasteiger partial charge in [-0.15, -0.1) is 0 Å². The van der Waals surface area contributed by atoms with Crippen molar-refractivity contribution < 1.29 is 9.59 Å². The molecule has 0 radical (unpaired) electrons. The first-order chi connectivity index (χ1) is 6.63. The molecule has 0 heterocycles. The fourth-order valence-electron chi connectivity index (χ4n) is 1.54. The van der Waals surface area contributed by atoms with Crippen molar-refractivity contribution in [3.8, 4) is 0 Å². The number of rotatable bonds is 0. The molecule has 0 N–H and O–H groups in total. The van der Waals surface area contributed by atoms with E-state index in [2.05, 4.69) is 0 Å². The predicted octanol–water partition coefficient (Wildman–Crippen LogP) is 2.47. The van der Waals surface area contributed by atoms with Crippen LogP contribution in [0.15, 0.2) is 33.4 Å². The minimum Gasteiger partial charge on any atom is -0.288 e. The number of fused-ring (bicyclic) bond motifs is 1. The van der Waals surface area contributed by atoms with E-state index in [0.29, 0.717) is 11.1 Å². The third kappa shape index (κ3) is 1.26. The smallest absolute Gasteiger partial charge is 0.206 e. The Morgan fingerprint density at radius 1 is 0.857 bits per heavy atom. The van der Waals surface area contributed by atoms with Crippen molar-refractivity contribution >= 4 is 34.8 Å². The minimum absolute atomic E-state index is 0.165. The van der Waals surface area contributed by atoms with Crippen molar-refractivity contribution in [1.29, 1.82) is 0 Å². The summed E-state index contributed by atoms with van der Waals surface area (Å²) in [5.41, 5.74) is 0.798. The van der Waals surface area contributed by atoms with Crippen molar-refractivity contribution in [2.24, 2.45) is 0 Å². The number of ketones is 2. The van der Waals surface area contributed by atoms with Crippen molar-refractivity contribution in [2.75, 3.05) is 0 Å². The molecule has 4 heteroatoms. The first-order valence-electron chi connectivity index (χ1n) is 4.18. The fourth-order valence-corrected chi connectivity index (χ4v) is 1.92. The van der Waals surface area contributed by atoms with E-state index in [-0.39, 0.29) is 21.6 Å². The van der Waals surface area contributed by atoms with Gasteiger partial charge in [-0.25, -0.2) is 0 Å².